The van der Waals surface area contributed by atoms with Gasteiger partial charge in [-0.05, 0) is 52.3 Å². The average molecular weight is 353 g/mol. The third kappa shape index (κ3) is 4.20. The third-order valence-corrected chi connectivity index (χ3v) is 6.92. The number of aryl methyl sites for hydroxylation is 2. The normalized spacial score (nSPS) is 17.0. The number of rotatable bonds is 5. The van der Waals surface area contributed by atoms with Crippen molar-refractivity contribution in [3.8, 4) is 0 Å². The SMILES string of the molecule is CCCN(C1CCNCC1)S(=O)(=O)c1cc(C)sc1C.Cl. The van der Waals surface area contributed by atoms with Gasteiger partial charge in [0.25, 0.3) is 0 Å². The topological polar surface area (TPSA) is 49.4 Å². The van der Waals surface area contributed by atoms with Crippen molar-refractivity contribution in [2.24, 2.45) is 0 Å². The summed E-state index contributed by atoms with van der Waals surface area (Å²) >= 11 is 1.56. The van der Waals surface area contributed by atoms with Crippen LogP contribution in [-0.4, -0.2) is 38.4 Å². The molecule has 4 nitrogen and oxygen atoms in total. The highest BCUT2D eigenvalue weighted by molar-refractivity contribution is 7.89. The Labute approximate surface area is 138 Å². The minimum atomic E-state index is -3.36. The molecule has 1 N–H and O–H groups in total. The second-order valence-corrected chi connectivity index (χ2v) is 8.69. The molecule has 21 heavy (non-hydrogen) atoms. The first-order valence-corrected chi connectivity index (χ1v) is 9.52. The lowest BCUT2D eigenvalue weighted by atomic mass is 10.1. The molecule has 0 spiro atoms. The highest BCUT2D eigenvalue weighted by atomic mass is 35.5. The lowest BCUT2D eigenvalue weighted by molar-refractivity contribution is 0.262. The number of piperidine rings is 1. The Hall–Kier alpha value is -0.140. The molecule has 2 heterocycles. The van der Waals surface area contributed by atoms with Crippen molar-refractivity contribution in [1.82, 2.24) is 9.62 Å². The van der Waals surface area contributed by atoms with Crippen LogP contribution >= 0.6 is 23.7 Å². The fraction of sp³-hybridized carbons (Fsp3) is 0.714. The van der Waals surface area contributed by atoms with Gasteiger partial charge in [-0.2, -0.15) is 4.31 Å². The summed E-state index contributed by atoms with van der Waals surface area (Å²) in [6.07, 6.45) is 2.66. The molecule has 7 heteroatoms. The number of hydrogen-bond acceptors (Lipinski definition) is 4. The molecule has 0 saturated carbocycles. The lowest BCUT2D eigenvalue weighted by Gasteiger charge is -2.33. The van der Waals surface area contributed by atoms with E-state index in [9.17, 15) is 8.42 Å². The Morgan fingerprint density at radius 1 is 1.33 bits per heavy atom. The fourth-order valence-electron chi connectivity index (χ4n) is 2.80. The number of hydrogen-bond donors (Lipinski definition) is 1. The zero-order valence-electron chi connectivity index (χ0n) is 12.9. The Kier molecular flexibility index (Phi) is 7.13. The van der Waals surface area contributed by atoms with Crippen LogP contribution in [-0.2, 0) is 10.0 Å². The predicted molar refractivity (Wildman–Crippen MR) is 91.1 cm³/mol. The molecule has 0 unspecified atom stereocenters. The van der Waals surface area contributed by atoms with E-state index in [1.807, 2.05) is 26.8 Å². The van der Waals surface area contributed by atoms with Crippen LogP contribution in [0.2, 0.25) is 0 Å². The number of thiophene rings is 1. The van der Waals surface area contributed by atoms with Crippen LogP contribution < -0.4 is 5.32 Å². The van der Waals surface area contributed by atoms with Crippen molar-refractivity contribution in [3.05, 3.63) is 15.8 Å². The van der Waals surface area contributed by atoms with Gasteiger partial charge in [-0.15, -0.1) is 23.7 Å². The fourth-order valence-corrected chi connectivity index (χ4v) is 6.11. The van der Waals surface area contributed by atoms with Gasteiger partial charge >= 0.3 is 0 Å². The second kappa shape index (κ2) is 7.92. The Balaban J connectivity index is 0.00000220. The summed E-state index contributed by atoms with van der Waals surface area (Å²) in [6, 6.07) is 1.96. The van der Waals surface area contributed by atoms with Crippen molar-refractivity contribution < 1.29 is 8.42 Å². The van der Waals surface area contributed by atoms with Crippen LogP contribution in [0.15, 0.2) is 11.0 Å². The minimum Gasteiger partial charge on any atom is -0.317 e. The van der Waals surface area contributed by atoms with E-state index < -0.39 is 10.0 Å². The molecule has 0 bridgehead atoms. The van der Waals surface area contributed by atoms with E-state index in [1.54, 1.807) is 15.6 Å². The summed E-state index contributed by atoms with van der Waals surface area (Å²) in [5.74, 6) is 0. The summed E-state index contributed by atoms with van der Waals surface area (Å²) in [5, 5.41) is 3.30. The summed E-state index contributed by atoms with van der Waals surface area (Å²) in [5.41, 5.74) is 0. The Morgan fingerprint density at radius 3 is 2.43 bits per heavy atom. The molecule has 1 fully saturated rings. The number of sulfonamides is 1. The highest BCUT2D eigenvalue weighted by Crippen LogP contribution is 2.30. The molecule has 1 aromatic heterocycles. The molecule has 1 aromatic rings. The lowest BCUT2D eigenvalue weighted by Crippen LogP contribution is -2.46. The van der Waals surface area contributed by atoms with E-state index >= 15 is 0 Å². The monoisotopic (exact) mass is 352 g/mol. The van der Waals surface area contributed by atoms with Gasteiger partial charge < -0.3 is 5.32 Å². The quantitative estimate of drug-likeness (QED) is 0.886. The van der Waals surface area contributed by atoms with Crippen LogP contribution in [0.5, 0.6) is 0 Å². The third-order valence-electron chi connectivity index (χ3n) is 3.74. The predicted octanol–water partition coefficient (Wildman–Crippen LogP) is 2.94. The smallest absolute Gasteiger partial charge is 0.244 e. The van der Waals surface area contributed by atoms with Crippen molar-refractivity contribution in [1.29, 1.82) is 0 Å². The minimum absolute atomic E-state index is 0. The Morgan fingerprint density at radius 2 is 1.95 bits per heavy atom. The molecular formula is C14H25ClN2O2S2. The Bertz CT molecular complexity index is 551. The molecule has 0 aromatic carbocycles. The number of nitrogens with zero attached hydrogens (tertiary/aromatic N) is 1. The molecule has 0 aliphatic carbocycles. The van der Waals surface area contributed by atoms with Crippen molar-refractivity contribution in [3.63, 3.8) is 0 Å². The highest BCUT2D eigenvalue weighted by Gasteiger charge is 2.33. The van der Waals surface area contributed by atoms with E-state index in [-0.39, 0.29) is 18.4 Å². The van der Waals surface area contributed by atoms with Gasteiger partial charge in [-0.3, -0.25) is 0 Å². The average Bonchev–Trinajstić information content (AvgIpc) is 2.76. The molecule has 1 aliphatic heterocycles. The van der Waals surface area contributed by atoms with Gasteiger partial charge in [0.15, 0.2) is 0 Å². The zero-order chi connectivity index (χ0) is 14.8. The zero-order valence-corrected chi connectivity index (χ0v) is 15.3. The summed E-state index contributed by atoms with van der Waals surface area (Å²) in [4.78, 5) is 2.47. The maximum atomic E-state index is 13.0. The largest absolute Gasteiger partial charge is 0.317 e. The van der Waals surface area contributed by atoms with E-state index in [2.05, 4.69) is 5.32 Å². The van der Waals surface area contributed by atoms with Gasteiger partial charge in [0, 0.05) is 22.3 Å². The van der Waals surface area contributed by atoms with Crippen molar-refractivity contribution >= 4 is 33.8 Å². The number of nitrogens with one attached hydrogen (secondary N) is 1. The standard InChI is InChI=1S/C14H24N2O2S2.ClH/c1-4-9-16(13-5-7-15-8-6-13)20(17,18)14-10-11(2)19-12(14)3;/h10,13,15H,4-9H2,1-3H3;1H. The van der Waals surface area contributed by atoms with Gasteiger partial charge in [-0.1, -0.05) is 6.92 Å². The first-order valence-electron chi connectivity index (χ1n) is 7.26. The summed E-state index contributed by atoms with van der Waals surface area (Å²) in [7, 11) is -3.36. The second-order valence-electron chi connectivity index (χ2n) is 5.37. The maximum Gasteiger partial charge on any atom is 0.244 e. The molecule has 1 aliphatic rings. The molecule has 0 amide bonds. The summed E-state index contributed by atoms with van der Waals surface area (Å²) < 4.78 is 27.7. The van der Waals surface area contributed by atoms with E-state index in [1.165, 1.54) is 0 Å². The van der Waals surface area contributed by atoms with Crippen LogP contribution in [0, 0.1) is 13.8 Å². The summed E-state index contributed by atoms with van der Waals surface area (Å²) in [6.45, 7) is 8.32. The van der Waals surface area contributed by atoms with E-state index in [4.69, 9.17) is 0 Å². The van der Waals surface area contributed by atoms with E-state index in [0.29, 0.717) is 11.4 Å². The van der Waals surface area contributed by atoms with E-state index in [0.717, 1.165) is 42.1 Å². The van der Waals surface area contributed by atoms with Gasteiger partial charge in [0.1, 0.15) is 0 Å². The molecular weight excluding hydrogens is 328 g/mol. The molecule has 0 atom stereocenters. The first-order chi connectivity index (χ1) is 9.46. The van der Waals surface area contributed by atoms with Crippen molar-refractivity contribution in [2.45, 2.75) is 51.0 Å². The van der Waals surface area contributed by atoms with Crippen LogP contribution in [0.25, 0.3) is 0 Å². The van der Waals surface area contributed by atoms with Gasteiger partial charge in [0.2, 0.25) is 10.0 Å². The van der Waals surface area contributed by atoms with Crippen molar-refractivity contribution in [2.75, 3.05) is 19.6 Å². The molecule has 122 valence electrons. The maximum absolute atomic E-state index is 13.0. The van der Waals surface area contributed by atoms with Crippen LogP contribution in [0.4, 0.5) is 0 Å². The first kappa shape index (κ1) is 18.9. The van der Waals surface area contributed by atoms with Crippen LogP contribution in [0.3, 0.4) is 0 Å². The van der Waals surface area contributed by atoms with Crippen LogP contribution in [0.1, 0.15) is 35.9 Å². The molecule has 1 saturated heterocycles. The van der Waals surface area contributed by atoms with Gasteiger partial charge in [-0.25, -0.2) is 8.42 Å². The van der Waals surface area contributed by atoms with Gasteiger partial charge in [0.05, 0.1) is 4.90 Å². The number of halogens is 1. The molecule has 0 radical (unpaired) electrons. The molecule has 2 rings (SSSR count).